The molecule has 90 valence electrons. The zero-order valence-corrected chi connectivity index (χ0v) is 10.7. The molecule has 1 heterocycles. The monoisotopic (exact) mass is 222 g/mol. The number of rotatable bonds is 4. The van der Waals surface area contributed by atoms with E-state index in [1.165, 1.54) is 0 Å². The van der Waals surface area contributed by atoms with Crippen molar-refractivity contribution in [1.82, 2.24) is 4.98 Å². The third kappa shape index (κ3) is 3.81. The fourth-order valence-corrected chi connectivity index (χ4v) is 1.60. The van der Waals surface area contributed by atoms with Gasteiger partial charge in [0.25, 0.3) is 0 Å². The van der Waals surface area contributed by atoms with Crippen molar-refractivity contribution in [2.45, 2.75) is 39.7 Å². The first kappa shape index (κ1) is 13.0. The summed E-state index contributed by atoms with van der Waals surface area (Å²) in [5, 5.41) is 0. The lowest BCUT2D eigenvalue weighted by molar-refractivity contribution is 0.342. The molecule has 3 heteroatoms. The van der Waals surface area contributed by atoms with E-state index in [-0.39, 0.29) is 6.04 Å². The average Bonchev–Trinajstić information content (AvgIpc) is 2.25. The second-order valence-corrected chi connectivity index (χ2v) is 5.31. The highest BCUT2D eigenvalue weighted by molar-refractivity contribution is 5.28. The summed E-state index contributed by atoms with van der Waals surface area (Å²) < 4.78 is 5.21. The summed E-state index contributed by atoms with van der Waals surface area (Å²) in [6.45, 7) is 6.67. The summed E-state index contributed by atoms with van der Waals surface area (Å²) in [5.74, 6) is 0.643. The highest BCUT2D eigenvalue weighted by Crippen LogP contribution is 2.29. The highest BCUT2D eigenvalue weighted by Gasteiger charge is 2.16. The first-order valence-electron chi connectivity index (χ1n) is 5.68. The van der Waals surface area contributed by atoms with Gasteiger partial charge in [-0.15, -0.1) is 0 Å². The zero-order valence-electron chi connectivity index (χ0n) is 10.7. The smallest absolute Gasteiger partial charge is 0.217 e. The molecule has 0 saturated carbocycles. The number of hydrogen-bond acceptors (Lipinski definition) is 3. The summed E-state index contributed by atoms with van der Waals surface area (Å²) in [7, 11) is 1.63. The van der Waals surface area contributed by atoms with Crippen molar-refractivity contribution in [3.8, 4) is 5.88 Å². The van der Waals surface area contributed by atoms with Crippen molar-refractivity contribution >= 4 is 0 Å². The molecule has 2 N–H and O–H groups in total. The Labute approximate surface area is 98.0 Å². The molecule has 0 radical (unpaired) electrons. The van der Waals surface area contributed by atoms with Gasteiger partial charge in [0, 0.05) is 17.8 Å². The highest BCUT2D eigenvalue weighted by atomic mass is 16.5. The predicted octanol–water partition coefficient (Wildman–Crippen LogP) is 2.92. The number of hydrogen-bond donors (Lipinski definition) is 1. The predicted molar refractivity (Wildman–Crippen MR) is 66.4 cm³/mol. The number of aromatic nitrogens is 1. The minimum absolute atomic E-state index is 0.00266. The van der Waals surface area contributed by atoms with Crippen LogP contribution in [0.25, 0.3) is 0 Å². The zero-order chi connectivity index (χ0) is 12.2. The van der Waals surface area contributed by atoms with Crippen LogP contribution in [0, 0.1) is 5.41 Å². The molecule has 0 aliphatic carbocycles. The molecule has 1 unspecified atom stereocenters. The molecular weight excluding hydrogens is 200 g/mol. The normalized spacial score (nSPS) is 13.6. The van der Waals surface area contributed by atoms with Crippen LogP contribution in [0.1, 0.15) is 45.2 Å². The second kappa shape index (κ2) is 5.30. The number of pyridine rings is 1. The van der Waals surface area contributed by atoms with Gasteiger partial charge in [0.15, 0.2) is 0 Å². The van der Waals surface area contributed by atoms with E-state index in [2.05, 4.69) is 25.8 Å². The molecule has 0 bridgehead atoms. The lowest BCUT2D eigenvalue weighted by atomic mass is 9.87. The Balaban J connectivity index is 2.69. The lowest BCUT2D eigenvalue weighted by Crippen LogP contribution is -2.15. The molecule has 1 rings (SSSR count). The summed E-state index contributed by atoms with van der Waals surface area (Å²) >= 11 is 0. The molecule has 0 saturated heterocycles. The molecule has 0 aliphatic rings. The SMILES string of the molecule is COc1ncccc1C(N)CCC(C)(C)C. The van der Waals surface area contributed by atoms with Crippen molar-refractivity contribution in [3.05, 3.63) is 23.9 Å². The molecule has 0 fully saturated rings. The van der Waals surface area contributed by atoms with Crippen molar-refractivity contribution in [2.24, 2.45) is 11.1 Å². The summed E-state index contributed by atoms with van der Waals surface area (Å²) in [4.78, 5) is 4.16. The van der Waals surface area contributed by atoms with Gasteiger partial charge in [-0.25, -0.2) is 4.98 Å². The Bertz CT molecular complexity index is 331. The molecule has 3 nitrogen and oxygen atoms in total. The van der Waals surface area contributed by atoms with Gasteiger partial charge in [-0.2, -0.15) is 0 Å². The van der Waals surface area contributed by atoms with E-state index < -0.39 is 0 Å². The van der Waals surface area contributed by atoms with E-state index in [9.17, 15) is 0 Å². The molecule has 1 aromatic rings. The number of ether oxygens (including phenoxy) is 1. The first-order valence-corrected chi connectivity index (χ1v) is 5.68. The van der Waals surface area contributed by atoms with Crippen molar-refractivity contribution < 1.29 is 4.74 Å². The molecule has 0 aliphatic heterocycles. The Hall–Kier alpha value is -1.09. The van der Waals surface area contributed by atoms with Crippen LogP contribution in [0.5, 0.6) is 5.88 Å². The Morgan fingerprint density at radius 1 is 1.44 bits per heavy atom. The van der Waals surface area contributed by atoms with E-state index in [1.807, 2.05) is 12.1 Å². The van der Waals surface area contributed by atoms with E-state index in [4.69, 9.17) is 10.5 Å². The first-order chi connectivity index (χ1) is 7.44. The number of nitrogens with zero attached hydrogens (tertiary/aromatic N) is 1. The molecule has 0 spiro atoms. The Morgan fingerprint density at radius 2 is 2.12 bits per heavy atom. The third-order valence-corrected chi connectivity index (χ3v) is 2.60. The minimum Gasteiger partial charge on any atom is -0.481 e. The van der Waals surface area contributed by atoms with Crippen molar-refractivity contribution in [2.75, 3.05) is 7.11 Å². The maximum Gasteiger partial charge on any atom is 0.217 e. The van der Waals surface area contributed by atoms with Gasteiger partial charge in [-0.05, 0) is 24.3 Å². The maximum absolute atomic E-state index is 6.16. The van der Waals surface area contributed by atoms with Gasteiger partial charge in [-0.3, -0.25) is 0 Å². The quantitative estimate of drug-likeness (QED) is 0.852. The van der Waals surface area contributed by atoms with Gasteiger partial charge >= 0.3 is 0 Å². The molecule has 16 heavy (non-hydrogen) atoms. The third-order valence-electron chi connectivity index (χ3n) is 2.60. The average molecular weight is 222 g/mol. The van der Waals surface area contributed by atoms with Crippen LogP contribution in [0.4, 0.5) is 0 Å². The van der Waals surface area contributed by atoms with E-state index in [0.29, 0.717) is 11.3 Å². The maximum atomic E-state index is 6.16. The van der Waals surface area contributed by atoms with Gasteiger partial charge in [-0.1, -0.05) is 26.8 Å². The van der Waals surface area contributed by atoms with Crippen LogP contribution < -0.4 is 10.5 Å². The molecule has 0 aromatic carbocycles. The van der Waals surface area contributed by atoms with Crippen molar-refractivity contribution in [3.63, 3.8) is 0 Å². The lowest BCUT2D eigenvalue weighted by Gasteiger charge is -2.21. The topological polar surface area (TPSA) is 48.1 Å². The Kier molecular flexibility index (Phi) is 4.30. The standard InChI is InChI=1S/C13H22N2O/c1-13(2,3)8-7-11(14)10-6-5-9-15-12(10)16-4/h5-6,9,11H,7-8,14H2,1-4H3. The van der Waals surface area contributed by atoms with E-state index in [0.717, 1.165) is 18.4 Å². The van der Waals surface area contributed by atoms with Crippen LogP contribution in [-0.4, -0.2) is 12.1 Å². The fraction of sp³-hybridized carbons (Fsp3) is 0.615. The van der Waals surface area contributed by atoms with E-state index >= 15 is 0 Å². The minimum atomic E-state index is 0.00266. The Morgan fingerprint density at radius 3 is 2.69 bits per heavy atom. The molecule has 1 atom stereocenters. The van der Waals surface area contributed by atoms with Gasteiger partial charge in [0.05, 0.1) is 7.11 Å². The van der Waals surface area contributed by atoms with Crippen LogP contribution in [-0.2, 0) is 0 Å². The molecule has 0 amide bonds. The molecular formula is C13H22N2O. The fourth-order valence-electron chi connectivity index (χ4n) is 1.60. The van der Waals surface area contributed by atoms with E-state index in [1.54, 1.807) is 13.3 Å². The van der Waals surface area contributed by atoms with Crippen LogP contribution in [0.3, 0.4) is 0 Å². The number of nitrogens with two attached hydrogens (primary N) is 1. The van der Waals surface area contributed by atoms with Crippen molar-refractivity contribution in [1.29, 1.82) is 0 Å². The van der Waals surface area contributed by atoms with Gasteiger partial charge in [0.1, 0.15) is 0 Å². The summed E-state index contributed by atoms with van der Waals surface area (Å²) in [6, 6.07) is 3.89. The number of methoxy groups -OCH3 is 1. The van der Waals surface area contributed by atoms with Crippen LogP contribution in [0.15, 0.2) is 18.3 Å². The van der Waals surface area contributed by atoms with Crippen LogP contribution >= 0.6 is 0 Å². The second-order valence-electron chi connectivity index (χ2n) is 5.31. The summed E-state index contributed by atoms with van der Waals surface area (Å²) in [6.07, 6.45) is 3.76. The largest absolute Gasteiger partial charge is 0.481 e. The van der Waals surface area contributed by atoms with Gasteiger partial charge < -0.3 is 10.5 Å². The molecule has 1 aromatic heterocycles. The van der Waals surface area contributed by atoms with Gasteiger partial charge in [0.2, 0.25) is 5.88 Å². The summed E-state index contributed by atoms with van der Waals surface area (Å²) in [5.41, 5.74) is 7.47. The van der Waals surface area contributed by atoms with Crippen LogP contribution in [0.2, 0.25) is 0 Å².